The second-order valence-corrected chi connectivity index (χ2v) is 5.87. The predicted molar refractivity (Wildman–Crippen MR) is 100 cm³/mol. The van der Waals surface area contributed by atoms with Gasteiger partial charge in [-0.2, -0.15) is 5.26 Å². The molecule has 136 valence electrons. The van der Waals surface area contributed by atoms with Crippen molar-refractivity contribution in [1.29, 1.82) is 5.26 Å². The van der Waals surface area contributed by atoms with Gasteiger partial charge in [0.25, 0.3) is 5.56 Å². The highest BCUT2D eigenvalue weighted by molar-refractivity contribution is 6.04. The van der Waals surface area contributed by atoms with Crippen LogP contribution >= 0.6 is 0 Å². The van der Waals surface area contributed by atoms with Gasteiger partial charge in [-0.3, -0.25) is 14.9 Å². The van der Waals surface area contributed by atoms with E-state index < -0.39 is 21.9 Å². The molecule has 0 unspecified atom stereocenters. The van der Waals surface area contributed by atoms with E-state index in [9.17, 15) is 20.0 Å². The summed E-state index contributed by atoms with van der Waals surface area (Å²) in [7, 11) is 0. The maximum atomic E-state index is 12.3. The van der Waals surface area contributed by atoms with Crippen LogP contribution in [0.3, 0.4) is 0 Å². The maximum Gasteiger partial charge on any atom is 0.311 e. The molecule has 2 aromatic carbocycles. The molecule has 10 heteroatoms. The molecule has 0 aliphatic rings. The number of aromatic amines is 1. The molecule has 3 N–H and O–H groups in total. The van der Waals surface area contributed by atoms with Crippen LogP contribution < -0.4 is 10.9 Å². The second-order valence-electron chi connectivity index (χ2n) is 5.87. The van der Waals surface area contributed by atoms with Gasteiger partial charge in [-0.05, 0) is 24.3 Å². The Kier molecular flexibility index (Phi) is 3.83. The summed E-state index contributed by atoms with van der Waals surface area (Å²) in [5, 5.41) is 33.2. The lowest BCUT2D eigenvalue weighted by molar-refractivity contribution is -0.385. The van der Waals surface area contributed by atoms with Crippen LogP contribution in [0.4, 0.5) is 17.3 Å². The van der Waals surface area contributed by atoms with E-state index in [1.54, 1.807) is 24.3 Å². The molecule has 0 spiro atoms. The number of nitrogens with zero attached hydrogens (tertiary/aromatic N) is 4. The number of nitro benzene ring substituents is 1. The molecule has 0 amide bonds. The number of phenols is 1. The smallest absolute Gasteiger partial charge is 0.311 e. The molecule has 4 rings (SSSR count). The summed E-state index contributed by atoms with van der Waals surface area (Å²) in [4.78, 5) is 33.6. The zero-order valence-corrected chi connectivity index (χ0v) is 14.0. The zero-order chi connectivity index (χ0) is 19.8. The molecular weight excluding hydrogens is 364 g/mol. The van der Waals surface area contributed by atoms with Crippen molar-refractivity contribution in [2.24, 2.45) is 0 Å². The Hall–Kier alpha value is -4.52. The quantitative estimate of drug-likeness (QED) is 0.280. The number of nitrogens with one attached hydrogen (secondary N) is 2. The lowest BCUT2D eigenvalue weighted by Crippen LogP contribution is -2.09. The summed E-state index contributed by atoms with van der Waals surface area (Å²) >= 11 is 0. The van der Waals surface area contributed by atoms with Crippen molar-refractivity contribution < 1.29 is 10.0 Å². The van der Waals surface area contributed by atoms with Gasteiger partial charge >= 0.3 is 5.69 Å². The third kappa shape index (κ3) is 2.82. The highest BCUT2D eigenvalue weighted by Crippen LogP contribution is 2.32. The third-order valence-corrected chi connectivity index (χ3v) is 4.10. The van der Waals surface area contributed by atoms with Crippen molar-refractivity contribution >= 4 is 39.1 Å². The molecule has 2 aromatic heterocycles. The Bertz CT molecular complexity index is 1370. The number of pyridine rings is 1. The van der Waals surface area contributed by atoms with Gasteiger partial charge in [0.05, 0.1) is 33.7 Å². The van der Waals surface area contributed by atoms with Crippen molar-refractivity contribution in [2.75, 3.05) is 5.32 Å². The number of phenolic OH excluding ortho intramolecular Hbond substituents is 1. The minimum absolute atomic E-state index is 0.0214. The van der Waals surface area contributed by atoms with Gasteiger partial charge in [0, 0.05) is 17.1 Å². The van der Waals surface area contributed by atoms with Crippen molar-refractivity contribution in [3.8, 4) is 11.8 Å². The highest BCUT2D eigenvalue weighted by atomic mass is 16.6. The molecule has 10 nitrogen and oxygen atoms in total. The molecule has 4 aromatic rings. The van der Waals surface area contributed by atoms with E-state index in [1.165, 1.54) is 6.20 Å². The zero-order valence-electron chi connectivity index (χ0n) is 14.0. The summed E-state index contributed by atoms with van der Waals surface area (Å²) in [6, 6.07) is 10.9. The van der Waals surface area contributed by atoms with Crippen LogP contribution in [0.15, 0.2) is 47.4 Å². The molecular formula is C18H10N6O4. The van der Waals surface area contributed by atoms with Gasteiger partial charge in [-0.25, -0.2) is 9.97 Å². The predicted octanol–water partition coefficient (Wildman–Crippen LogP) is 2.70. The normalized spacial score (nSPS) is 10.7. The molecule has 0 radical (unpaired) electrons. The van der Waals surface area contributed by atoms with Crippen LogP contribution in [0, 0.1) is 21.4 Å². The summed E-state index contributed by atoms with van der Waals surface area (Å²) in [5.74, 6) is -0.381. The van der Waals surface area contributed by atoms with Gasteiger partial charge in [0.1, 0.15) is 5.52 Å². The number of H-pyrrole nitrogens is 1. The molecule has 0 saturated carbocycles. The number of nitriles is 1. The van der Waals surface area contributed by atoms with E-state index in [1.807, 2.05) is 6.07 Å². The summed E-state index contributed by atoms with van der Waals surface area (Å²) in [5.41, 5.74) is 0.522. The van der Waals surface area contributed by atoms with Crippen molar-refractivity contribution in [2.45, 2.75) is 0 Å². The lowest BCUT2D eigenvalue weighted by Gasteiger charge is -2.08. The monoisotopic (exact) mass is 374 g/mol. The Morgan fingerprint density at radius 2 is 2.07 bits per heavy atom. The van der Waals surface area contributed by atoms with Crippen LogP contribution in [0.2, 0.25) is 0 Å². The first-order chi connectivity index (χ1) is 13.5. The summed E-state index contributed by atoms with van der Waals surface area (Å²) in [6.07, 6.45) is 1.39. The van der Waals surface area contributed by atoms with Gasteiger partial charge in [0.15, 0.2) is 5.75 Å². The van der Waals surface area contributed by atoms with E-state index in [4.69, 9.17) is 5.26 Å². The summed E-state index contributed by atoms with van der Waals surface area (Å²) in [6.45, 7) is 0. The standard InChI is InChI=1S/C18H10N6O4/c19-7-9-2-1-3-10(4-9)21-18-20-8-13-16(23-18)11-6-15(25)14(24(27)28)5-12(11)17(26)22-13/h1-6,8,25H,(H,22,26)(H,20,21,23). The first-order valence-corrected chi connectivity index (χ1v) is 7.93. The second kappa shape index (κ2) is 6.33. The average Bonchev–Trinajstić information content (AvgIpc) is 2.68. The number of benzene rings is 2. The molecule has 0 saturated heterocycles. The van der Waals surface area contributed by atoms with Crippen LogP contribution in [0.25, 0.3) is 21.8 Å². The van der Waals surface area contributed by atoms with Crippen LogP contribution in [-0.4, -0.2) is 25.0 Å². The molecule has 0 bridgehead atoms. The molecule has 0 fully saturated rings. The number of nitro groups is 1. The first-order valence-electron chi connectivity index (χ1n) is 7.93. The molecule has 0 aliphatic heterocycles. The van der Waals surface area contributed by atoms with Crippen molar-refractivity contribution in [3.63, 3.8) is 0 Å². The topological polar surface area (TPSA) is 158 Å². The average molecular weight is 374 g/mol. The van der Waals surface area contributed by atoms with Gasteiger partial charge < -0.3 is 15.4 Å². The van der Waals surface area contributed by atoms with Gasteiger partial charge in [0.2, 0.25) is 5.95 Å². The Labute approximate surface area is 155 Å². The number of rotatable bonds is 3. The van der Waals surface area contributed by atoms with Crippen LogP contribution in [-0.2, 0) is 0 Å². The van der Waals surface area contributed by atoms with Gasteiger partial charge in [-0.15, -0.1) is 0 Å². The van der Waals surface area contributed by atoms with E-state index in [2.05, 4.69) is 20.3 Å². The molecule has 28 heavy (non-hydrogen) atoms. The number of aromatic nitrogens is 3. The van der Waals surface area contributed by atoms with Crippen LogP contribution in [0.5, 0.6) is 5.75 Å². The number of anilines is 2. The maximum absolute atomic E-state index is 12.3. The fourth-order valence-electron chi connectivity index (χ4n) is 2.83. The lowest BCUT2D eigenvalue weighted by atomic mass is 10.1. The SMILES string of the molecule is N#Cc1cccc(Nc2ncc3[nH]c(=O)c4cc([N+](=O)[O-])c(O)cc4c3n2)c1. The van der Waals surface area contributed by atoms with E-state index >= 15 is 0 Å². The first kappa shape index (κ1) is 16.9. The highest BCUT2D eigenvalue weighted by Gasteiger charge is 2.18. The Morgan fingerprint density at radius 1 is 1.25 bits per heavy atom. The van der Waals surface area contributed by atoms with E-state index in [0.29, 0.717) is 22.3 Å². The van der Waals surface area contributed by atoms with Crippen molar-refractivity contribution in [3.05, 3.63) is 68.6 Å². The molecule has 2 heterocycles. The van der Waals surface area contributed by atoms with Gasteiger partial charge in [-0.1, -0.05) is 6.07 Å². The molecule has 0 atom stereocenters. The van der Waals surface area contributed by atoms with Crippen LogP contribution in [0.1, 0.15) is 5.56 Å². The largest absolute Gasteiger partial charge is 0.502 e. The third-order valence-electron chi connectivity index (χ3n) is 4.10. The number of aromatic hydroxyl groups is 1. The Balaban J connectivity index is 1.90. The summed E-state index contributed by atoms with van der Waals surface area (Å²) < 4.78 is 0. The fourth-order valence-corrected chi connectivity index (χ4v) is 2.83. The minimum Gasteiger partial charge on any atom is -0.502 e. The number of hydrogen-bond donors (Lipinski definition) is 3. The fraction of sp³-hybridized carbons (Fsp3) is 0. The number of hydrogen-bond acceptors (Lipinski definition) is 8. The number of fused-ring (bicyclic) bond motifs is 3. The Morgan fingerprint density at radius 3 is 2.82 bits per heavy atom. The van der Waals surface area contributed by atoms with E-state index in [0.717, 1.165) is 12.1 Å². The minimum atomic E-state index is -0.770. The van der Waals surface area contributed by atoms with E-state index in [-0.39, 0.29) is 16.7 Å². The van der Waals surface area contributed by atoms with Crippen molar-refractivity contribution in [1.82, 2.24) is 15.0 Å². The molecule has 0 aliphatic carbocycles.